The normalized spacial score (nSPS) is 11.7. The van der Waals surface area contributed by atoms with E-state index in [4.69, 9.17) is 9.47 Å². The van der Waals surface area contributed by atoms with Gasteiger partial charge in [-0.25, -0.2) is 4.79 Å². The molecule has 0 bridgehead atoms. The number of rotatable bonds is 6. The summed E-state index contributed by atoms with van der Waals surface area (Å²) >= 11 is 0. The predicted octanol–water partition coefficient (Wildman–Crippen LogP) is 3.69. The molecule has 156 valence electrons. The van der Waals surface area contributed by atoms with Crippen LogP contribution in [0.4, 0.5) is 5.69 Å². The molecule has 1 N–H and O–H groups in total. The van der Waals surface area contributed by atoms with E-state index in [2.05, 4.69) is 5.32 Å². The van der Waals surface area contributed by atoms with Gasteiger partial charge in [0.05, 0.1) is 24.8 Å². The Hall–Kier alpha value is -3.61. The van der Waals surface area contributed by atoms with Crippen LogP contribution in [-0.2, 0) is 9.53 Å². The number of esters is 1. The summed E-state index contributed by atoms with van der Waals surface area (Å²) in [6.07, 6.45) is 0. The first-order chi connectivity index (χ1) is 14.4. The van der Waals surface area contributed by atoms with Gasteiger partial charge in [-0.3, -0.25) is 14.2 Å². The number of amides is 1. The number of methoxy groups -OCH3 is 1. The van der Waals surface area contributed by atoms with Crippen LogP contribution >= 0.6 is 0 Å². The molecule has 0 aliphatic carbocycles. The quantitative estimate of drug-likeness (QED) is 0.629. The summed E-state index contributed by atoms with van der Waals surface area (Å²) in [6, 6.07) is 12.6. The van der Waals surface area contributed by atoms with Gasteiger partial charge in [0, 0.05) is 17.1 Å². The molecular weight excluding hydrogens is 384 g/mol. The van der Waals surface area contributed by atoms with E-state index >= 15 is 0 Å². The van der Waals surface area contributed by atoms with E-state index in [1.54, 1.807) is 44.2 Å². The summed E-state index contributed by atoms with van der Waals surface area (Å²) in [7, 11) is 1.53. The van der Waals surface area contributed by atoms with Crippen molar-refractivity contribution in [2.45, 2.75) is 26.8 Å². The Morgan fingerprint density at radius 2 is 1.83 bits per heavy atom. The van der Waals surface area contributed by atoms with E-state index in [1.165, 1.54) is 17.7 Å². The molecule has 1 aromatic heterocycles. The van der Waals surface area contributed by atoms with Gasteiger partial charge in [-0.05, 0) is 56.7 Å². The van der Waals surface area contributed by atoms with E-state index in [1.807, 2.05) is 19.1 Å². The maximum absolute atomic E-state index is 12.9. The number of aromatic nitrogens is 1. The Kier molecular flexibility index (Phi) is 6.20. The third-order valence-corrected chi connectivity index (χ3v) is 4.89. The fraction of sp³-hybridized carbons (Fsp3) is 0.261. The van der Waals surface area contributed by atoms with Gasteiger partial charge in [-0.1, -0.05) is 12.1 Å². The molecule has 7 nitrogen and oxygen atoms in total. The Morgan fingerprint density at radius 1 is 1.13 bits per heavy atom. The van der Waals surface area contributed by atoms with Crippen molar-refractivity contribution in [2.75, 3.05) is 19.0 Å². The molecule has 3 rings (SSSR count). The maximum Gasteiger partial charge on any atom is 0.338 e. The minimum absolute atomic E-state index is 0.287. The van der Waals surface area contributed by atoms with Crippen molar-refractivity contribution in [1.29, 1.82) is 0 Å². The van der Waals surface area contributed by atoms with Crippen LogP contribution in [-0.4, -0.2) is 30.2 Å². The molecule has 0 radical (unpaired) electrons. The maximum atomic E-state index is 12.9. The predicted molar refractivity (Wildman–Crippen MR) is 115 cm³/mol. The average Bonchev–Trinajstić information content (AvgIpc) is 2.74. The molecule has 1 unspecified atom stereocenters. The molecule has 0 spiro atoms. The van der Waals surface area contributed by atoms with Crippen LogP contribution in [0.5, 0.6) is 5.75 Å². The van der Waals surface area contributed by atoms with Crippen LogP contribution < -0.4 is 15.6 Å². The summed E-state index contributed by atoms with van der Waals surface area (Å²) in [6.45, 7) is 5.53. The number of benzene rings is 2. The highest BCUT2D eigenvalue weighted by molar-refractivity contribution is 5.96. The second-order valence-corrected chi connectivity index (χ2v) is 6.86. The summed E-state index contributed by atoms with van der Waals surface area (Å²) in [5, 5.41) is 3.63. The molecular formula is C23H24N2O5. The molecule has 1 atom stereocenters. The highest BCUT2D eigenvalue weighted by atomic mass is 16.5. The van der Waals surface area contributed by atoms with Crippen LogP contribution in [0.3, 0.4) is 0 Å². The lowest BCUT2D eigenvalue weighted by Gasteiger charge is -2.20. The molecule has 30 heavy (non-hydrogen) atoms. The zero-order chi connectivity index (χ0) is 21.8. The van der Waals surface area contributed by atoms with Crippen molar-refractivity contribution in [2.24, 2.45) is 0 Å². The van der Waals surface area contributed by atoms with E-state index in [-0.39, 0.29) is 18.1 Å². The van der Waals surface area contributed by atoms with Crippen LogP contribution in [0, 0.1) is 6.92 Å². The highest BCUT2D eigenvalue weighted by Crippen LogP contribution is 2.28. The van der Waals surface area contributed by atoms with E-state index < -0.39 is 12.0 Å². The summed E-state index contributed by atoms with van der Waals surface area (Å²) in [5.74, 6) is -0.266. The van der Waals surface area contributed by atoms with Gasteiger partial charge in [0.15, 0.2) is 0 Å². The van der Waals surface area contributed by atoms with Gasteiger partial charge >= 0.3 is 5.97 Å². The molecule has 0 saturated carbocycles. The molecule has 7 heteroatoms. The molecule has 1 amide bonds. The molecule has 1 heterocycles. The van der Waals surface area contributed by atoms with Crippen molar-refractivity contribution in [3.05, 3.63) is 70.0 Å². The lowest BCUT2D eigenvalue weighted by Crippen LogP contribution is -2.32. The van der Waals surface area contributed by atoms with Crippen LogP contribution in [0.15, 0.2) is 53.3 Å². The van der Waals surface area contributed by atoms with Gasteiger partial charge in [-0.15, -0.1) is 0 Å². The Morgan fingerprint density at radius 3 is 2.47 bits per heavy atom. The SMILES string of the molecule is CCOC(=O)c1ccc(NC(=O)C(C)n2c(=O)cc(C)c3cccc(OC)c32)cc1. The zero-order valence-corrected chi connectivity index (χ0v) is 17.4. The second-order valence-electron chi connectivity index (χ2n) is 6.86. The van der Waals surface area contributed by atoms with Crippen molar-refractivity contribution < 1.29 is 19.1 Å². The number of anilines is 1. The smallest absolute Gasteiger partial charge is 0.338 e. The Bertz CT molecular complexity index is 1150. The first kappa shape index (κ1) is 21.1. The topological polar surface area (TPSA) is 86.6 Å². The highest BCUT2D eigenvalue weighted by Gasteiger charge is 2.21. The number of nitrogens with one attached hydrogen (secondary N) is 1. The Balaban J connectivity index is 1.93. The first-order valence-corrected chi connectivity index (χ1v) is 9.64. The van der Waals surface area contributed by atoms with E-state index in [0.717, 1.165) is 10.9 Å². The molecule has 0 fully saturated rings. The second kappa shape index (κ2) is 8.82. The molecule has 0 aliphatic heterocycles. The van der Waals surface area contributed by atoms with E-state index in [9.17, 15) is 14.4 Å². The van der Waals surface area contributed by atoms with Gasteiger partial charge in [0.2, 0.25) is 5.91 Å². The number of ether oxygens (including phenoxy) is 2. The standard InChI is InChI=1S/C23H24N2O5/c1-5-30-23(28)16-9-11-17(12-10-16)24-22(27)15(3)25-20(26)13-14(2)18-7-6-8-19(29-4)21(18)25/h6-13,15H,5H2,1-4H3,(H,24,27). The fourth-order valence-corrected chi connectivity index (χ4v) is 3.35. The van der Waals surface area contributed by atoms with Gasteiger partial charge in [0.1, 0.15) is 11.8 Å². The molecule has 0 aliphatic rings. The zero-order valence-electron chi connectivity index (χ0n) is 17.4. The van der Waals surface area contributed by atoms with E-state index in [0.29, 0.717) is 22.5 Å². The number of para-hydroxylation sites is 1. The first-order valence-electron chi connectivity index (χ1n) is 9.64. The van der Waals surface area contributed by atoms with Crippen molar-refractivity contribution in [1.82, 2.24) is 4.57 Å². The molecule has 3 aromatic rings. The van der Waals surface area contributed by atoms with Crippen LogP contribution in [0.2, 0.25) is 0 Å². The number of nitrogens with zero attached hydrogens (tertiary/aromatic N) is 1. The number of carbonyl (C=O) groups is 2. The fourth-order valence-electron chi connectivity index (χ4n) is 3.35. The summed E-state index contributed by atoms with van der Waals surface area (Å²) < 4.78 is 11.8. The van der Waals surface area contributed by atoms with Crippen LogP contribution in [0.1, 0.15) is 35.8 Å². The monoisotopic (exact) mass is 408 g/mol. The third kappa shape index (κ3) is 4.05. The van der Waals surface area contributed by atoms with Gasteiger partial charge in [0.25, 0.3) is 5.56 Å². The summed E-state index contributed by atoms with van der Waals surface area (Å²) in [4.78, 5) is 37.5. The van der Waals surface area contributed by atoms with Crippen molar-refractivity contribution >= 4 is 28.5 Å². The average molecular weight is 408 g/mol. The Labute approximate surface area is 174 Å². The van der Waals surface area contributed by atoms with Crippen molar-refractivity contribution in [3.8, 4) is 5.75 Å². The molecule has 2 aromatic carbocycles. The number of fused-ring (bicyclic) bond motifs is 1. The number of pyridine rings is 1. The van der Waals surface area contributed by atoms with Gasteiger partial charge in [-0.2, -0.15) is 0 Å². The largest absolute Gasteiger partial charge is 0.495 e. The number of aryl methyl sites for hydroxylation is 1. The van der Waals surface area contributed by atoms with Crippen molar-refractivity contribution in [3.63, 3.8) is 0 Å². The summed E-state index contributed by atoms with van der Waals surface area (Å²) in [5.41, 5.74) is 2.01. The minimum atomic E-state index is -0.790. The minimum Gasteiger partial charge on any atom is -0.495 e. The molecule has 0 saturated heterocycles. The lowest BCUT2D eigenvalue weighted by molar-refractivity contribution is -0.118. The lowest BCUT2D eigenvalue weighted by atomic mass is 10.1. The number of carbonyl (C=O) groups excluding carboxylic acids is 2. The number of hydrogen-bond acceptors (Lipinski definition) is 5. The number of hydrogen-bond donors (Lipinski definition) is 1. The third-order valence-electron chi connectivity index (χ3n) is 4.89. The van der Waals surface area contributed by atoms with Crippen LogP contribution in [0.25, 0.3) is 10.9 Å². The van der Waals surface area contributed by atoms with Gasteiger partial charge < -0.3 is 14.8 Å².